The highest BCUT2D eigenvalue weighted by Crippen LogP contribution is 2.33. The fraction of sp³-hybridized carbons (Fsp3) is 0.316. The molecule has 0 aromatic heterocycles. The fourth-order valence-electron chi connectivity index (χ4n) is 2.83. The number of ether oxygens (including phenoxy) is 2. The molecule has 0 aliphatic carbocycles. The number of hydrogen-bond donors (Lipinski definition) is 1. The summed E-state index contributed by atoms with van der Waals surface area (Å²) in [6.45, 7) is 3.74. The summed E-state index contributed by atoms with van der Waals surface area (Å²) in [5.41, 5.74) is 0.769. The minimum absolute atomic E-state index is 0.0145. The molecule has 1 aliphatic rings. The summed E-state index contributed by atoms with van der Waals surface area (Å²) in [5.74, 6) is -0.310. The van der Waals surface area contributed by atoms with Gasteiger partial charge in [0.15, 0.2) is 6.29 Å². The van der Waals surface area contributed by atoms with Crippen LogP contribution in [0.15, 0.2) is 48.5 Å². The first-order chi connectivity index (χ1) is 12.4. The number of rotatable bonds is 4. The number of carbonyl (C=O) groups is 1. The zero-order valence-electron chi connectivity index (χ0n) is 14.6. The summed E-state index contributed by atoms with van der Waals surface area (Å²) in [6, 6.07) is 13.9. The van der Waals surface area contributed by atoms with Crippen LogP contribution in [-0.4, -0.2) is 23.0 Å². The largest absolute Gasteiger partial charge is 0.348 e. The normalized spacial score (nSPS) is 22.6. The van der Waals surface area contributed by atoms with Crippen LogP contribution in [0.5, 0.6) is 0 Å². The molecule has 0 saturated carbocycles. The monoisotopic (exact) mass is 356 g/mol. The number of carbonyl (C=O) groups excluding carboxylic acids is 1. The molecule has 2 aromatic rings. The first-order valence-electron chi connectivity index (χ1n) is 8.30. The van der Waals surface area contributed by atoms with Gasteiger partial charge in [-0.05, 0) is 26.0 Å². The molecule has 2 aromatic carbocycles. The second-order valence-electron chi connectivity index (χ2n) is 6.42. The second kappa shape index (κ2) is 7.23. The number of benzene rings is 2. The van der Waals surface area contributed by atoms with E-state index in [0.717, 1.165) is 5.56 Å². The molecule has 2 atom stereocenters. The molecular formula is C19H20N2O5. The molecule has 3 rings (SSSR count). The number of amides is 1. The van der Waals surface area contributed by atoms with Crippen LogP contribution in [0, 0.1) is 17.0 Å². The third-order valence-corrected chi connectivity index (χ3v) is 4.42. The molecule has 0 radical (unpaired) electrons. The van der Waals surface area contributed by atoms with Gasteiger partial charge in [0.25, 0.3) is 11.6 Å². The number of anilines is 1. The average Bonchev–Trinajstić information content (AvgIpc) is 2.62. The molecule has 0 spiro atoms. The van der Waals surface area contributed by atoms with Gasteiger partial charge in [0, 0.05) is 29.3 Å². The lowest BCUT2D eigenvalue weighted by Crippen LogP contribution is -2.47. The summed E-state index contributed by atoms with van der Waals surface area (Å²) >= 11 is 0. The zero-order chi connectivity index (χ0) is 18.7. The van der Waals surface area contributed by atoms with Gasteiger partial charge >= 0.3 is 0 Å². The highest BCUT2D eigenvalue weighted by molar-refractivity contribution is 5.97. The van der Waals surface area contributed by atoms with E-state index in [1.165, 1.54) is 12.1 Å². The number of nitrogens with one attached hydrogen (secondary N) is 1. The van der Waals surface area contributed by atoms with Crippen LogP contribution in [0.4, 0.5) is 11.4 Å². The molecule has 1 fully saturated rings. The summed E-state index contributed by atoms with van der Waals surface area (Å²) in [7, 11) is 0. The summed E-state index contributed by atoms with van der Waals surface area (Å²) in [5, 5.41) is 13.7. The highest BCUT2D eigenvalue weighted by atomic mass is 16.7. The standard InChI is InChI=1S/C19H20N2O5/c1-13-12-15(8-9-16(13)21(23)24)20-18(22)19(2)10-11-25-17(26-19)14-6-4-3-5-7-14/h3-9,12,17H,10-11H2,1-2H3,(H,20,22)/t17?,19-/m0/s1. The van der Waals surface area contributed by atoms with E-state index >= 15 is 0 Å². The van der Waals surface area contributed by atoms with Crippen molar-refractivity contribution < 1.29 is 19.2 Å². The predicted molar refractivity (Wildman–Crippen MR) is 95.7 cm³/mol. The van der Waals surface area contributed by atoms with Crippen LogP contribution in [0.3, 0.4) is 0 Å². The number of nitrogens with zero attached hydrogens (tertiary/aromatic N) is 1. The van der Waals surface area contributed by atoms with E-state index in [1.807, 2.05) is 30.3 Å². The maximum Gasteiger partial charge on any atom is 0.272 e. The molecule has 1 aliphatic heterocycles. The molecule has 1 amide bonds. The Labute approximate surface area is 151 Å². The van der Waals surface area contributed by atoms with Crippen molar-refractivity contribution in [1.82, 2.24) is 0 Å². The van der Waals surface area contributed by atoms with Crippen LogP contribution in [0.1, 0.15) is 30.8 Å². The molecule has 1 N–H and O–H groups in total. The molecular weight excluding hydrogens is 336 g/mol. The van der Waals surface area contributed by atoms with Gasteiger partial charge in [0.05, 0.1) is 11.5 Å². The Bertz CT molecular complexity index is 824. The quantitative estimate of drug-likeness (QED) is 0.666. The molecule has 1 unspecified atom stereocenters. The van der Waals surface area contributed by atoms with Gasteiger partial charge in [-0.3, -0.25) is 14.9 Å². The lowest BCUT2D eigenvalue weighted by Gasteiger charge is -2.37. The Hall–Kier alpha value is -2.77. The van der Waals surface area contributed by atoms with Gasteiger partial charge in [0.2, 0.25) is 0 Å². The highest BCUT2D eigenvalue weighted by Gasteiger charge is 2.41. The Morgan fingerprint density at radius 3 is 2.65 bits per heavy atom. The molecule has 26 heavy (non-hydrogen) atoms. The van der Waals surface area contributed by atoms with Crippen molar-refractivity contribution in [3.05, 3.63) is 69.8 Å². The fourth-order valence-corrected chi connectivity index (χ4v) is 2.83. The van der Waals surface area contributed by atoms with Gasteiger partial charge in [-0.25, -0.2) is 0 Å². The molecule has 7 nitrogen and oxygen atoms in total. The van der Waals surface area contributed by atoms with E-state index < -0.39 is 16.8 Å². The number of hydrogen-bond acceptors (Lipinski definition) is 5. The van der Waals surface area contributed by atoms with Crippen molar-refractivity contribution in [2.75, 3.05) is 11.9 Å². The van der Waals surface area contributed by atoms with Crippen molar-refractivity contribution in [3.63, 3.8) is 0 Å². The van der Waals surface area contributed by atoms with Crippen LogP contribution < -0.4 is 5.32 Å². The SMILES string of the molecule is Cc1cc(NC(=O)[C@]2(C)CCOC(c3ccccc3)O2)ccc1[N+](=O)[O-]. The van der Waals surface area contributed by atoms with Gasteiger partial charge in [-0.1, -0.05) is 30.3 Å². The van der Waals surface area contributed by atoms with Crippen molar-refractivity contribution in [1.29, 1.82) is 0 Å². The first-order valence-corrected chi connectivity index (χ1v) is 8.30. The average molecular weight is 356 g/mol. The van der Waals surface area contributed by atoms with Crippen LogP contribution in [-0.2, 0) is 14.3 Å². The van der Waals surface area contributed by atoms with Crippen molar-refractivity contribution >= 4 is 17.3 Å². The van der Waals surface area contributed by atoms with Gasteiger partial charge in [-0.15, -0.1) is 0 Å². The van der Waals surface area contributed by atoms with E-state index in [4.69, 9.17) is 9.47 Å². The van der Waals surface area contributed by atoms with E-state index in [0.29, 0.717) is 24.3 Å². The lowest BCUT2D eigenvalue weighted by molar-refractivity contribution is -0.385. The van der Waals surface area contributed by atoms with E-state index in [-0.39, 0.29) is 11.6 Å². The maximum atomic E-state index is 12.8. The molecule has 1 heterocycles. The van der Waals surface area contributed by atoms with Crippen LogP contribution in [0.25, 0.3) is 0 Å². The minimum atomic E-state index is -1.06. The van der Waals surface area contributed by atoms with Crippen molar-refractivity contribution in [3.8, 4) is 0 Å². The molecule has 1 saturated heterocycles. The summed E-state index contributed by atoms with van der Waals surface area (Å²) in [6.07, 6.45) is -0.201. The summed E-state index contributed by atoms with van der Waals surface area (Å²) in [4.78, 5) is 23.2. The Morgan fingerprint density at radius 1 is 1.27 bits per heavy atom. The second-order valence-corrected chi connectivity index (χ2v) is 6.42. The minimum Gasteiger partial charge on any atom is -0.348 e. The van der Waals surface area contributed by atoms with E-state index in [2.05, 4.69) is 5.32 Å². The Morgan fingerprint density at radius 2 is 2.00 bits per heavy atom. The van der Waals surface area contributed by atoms with E-state index in [9.17, 15) is 14.9 Å². The van der Waals surface area contributed by atoms with Gasteiger partial charge < -0.3 is 14.8 Å². The lowest BCUT2D eigenvalue weighted by atomic mass is 9.99. The van der Waals surface area contributed by atoms with Gasteiger partial charge in [0.1, 0.15) is 5.60 Å². The van der Waals surface area contributed by atoms with E-state index in [1.54, 1.807) is 19.9 Å². The predicted octanol–water partition coefficient (Wildman–Crippen LogP) is 3.74. The third-order valence-electron chi connectivity index (χ3n) is 4.42. The molecule has 7 heteroatoms. The third kappa shape index (κ3) is 3.74. The first kappa shape index (κ1) is 18.0. The van der Waals surface area contributed by atoms with Crippen LogP contribution in [0.2, 0.25) is 0 Å². The van der Waals surface area contributed by atoms with Gasteiger partial charge in [-0.2, -0.15) is 0 Å². The van der Waals surface area contributed by atoms with Crippen molar-refractivity contribution in [2.24, 2.45) is 0 Å². The topological polar surface area (TPSA) is 90.7 Å². The molecule has 136 valence electrons. The summed E-state index contributed by atoms with van der Waals surface area (Å²) < 4.78 is 11.6. The number of nitro benzene ring substituents is 1. The van der Waals surface area contributed by atoms with Crippen LogP contribution >= 0.6 is 0 Å². The Balaban J connectivity index is 1.74. The Kier molecular flexibility index (Phi) is 5.01. The zero-order valence-corrected chi connectivity index (χ0v) is 14.6. The van der Waals surface area contributed by atoms with Crippen molar-refractivity contribution in [2.45, 2.75) is 32.2 Å². The molecule has 0 bridgehead atoms. The smallest absolute Gasteiger partial charge is 0.272 e. The maximum absolute atomic E-state index is 12.8. The number of nitro groups is 1. The number of aryl methyl sites for hydroxylation is 1.